The van der Waals surface area contributed by atoms with Gasteiger partial charge in [0.05, 0.1) is 17.0 Å². The third kappa shape index (κ3) is 2.91. The van der Waals surface area contributed by atoms with E-state index in [0.717, 1.165) is 22.1 Å². The first-order chi connectivity index (χ1) is 8.10. The first-order valence-electron chi connectivity index (χ1n) is 5.00. The molecular formula is C10H12Cl2N4S. The van der Waals surface area contributed by atoms with E-state index in [2.05, 4.69) is 10.1 Å². The lowest BCUT2D eigenvalue weighted by atomic mass is 10.3. The standard InChI is InChI=1S/C10H12Cl2N4S/c1-15(5-7-4-13-16(2)6-7)10-14-9(12)8(3-11)17-10/h4,6H,3,5H2,1-2H3. The summed E-state index contributed by atoms with van der Waals surface area (Å²) in [6.07, 6.45) is 3.82. The van der Waals surface area contributed by atoms with Gasteiger partial charge in [0.2, 0.25) is 0 Å². The number of halogens is 2. The topological polar surface area (TPSA) is 34.0 Å². The quantitative estimate of drug-likeness (QED) is 0.812. The minimum atomic E-state index is 0.400. The fraction of sp³-hybridized carbons (Fsp3) is 0.400. The molecule has 0 saturated heterocycles. The molecule has 0 unspecified atom stereocenters. The van der Waals surface area contributed by atoms with Crippen LogP contribution < -0.4 is 4.90 Å². The van der Waals surface area contributed by atoms with Gasteiger partial charge in [-0.1, -0.05) is 22.9 Å². The van der Waals surface area contributed by atoms with Crippen molar-refractivity contribution in [1.29, 1.82) is 0 Å². The van der Waals surface area contributed by atoms with Crippen molar-refractivity contribution in [3.8, 4) is 0 Å². The number of alkyl halides is 1. The molecule has 0 aliphatic rings. The first-order valence-corrected chi connectivity index (χ1v) is 6.73. The van der Waals surface area contributed by atoms with Gasteiger partial charge in [-0.15, -0.1) is 11.6 Å². The van der Waals surface area contributed by atoms with E-state index in [1.807, 2.05) is 31.4 Å². The van der Waals surface area contributed by atoms with Crippen LogP contribution in [0.25, 0.3) is 0 Å². The summed E-state index contributed by atoms with van der Waals surface area (Å²) in [5, 5.41) is 5.50. The van der Waals surface area contributed by atoms with E-state index in [1.165, 1.54) is 11.3 Å². The summed E-state index contributed by atoms with van der Waals surface area (Å²) in [7, 11) is 3.87. The number of hydrogen-bond acceptors (Lipinski definition) is 4. The Balaban J connectivity index is 2.11. The average molecular weight is 291 g/mol. The highest BCUT2D eigenvalue weighted by Crippen LogP contribution is 2.30. The maximum absolute atomic E-state index is 5.97. The van der Waals surface area contributed by atoms with Gasteiger partial charge in [0.15, 0.2) is 5.13 Å². The van der Waals surface area contributed by atoms with E-state index in [1.54, 1.807) is 4.68 Å². The lowest BCUT2D eigenvalue weighted by molar-refractivity contribution is 0.766. The number of hydrogen-bond donors (Lipinski definition) is 0. The Bertz CT molecular complexity index is 508. The molecule has 7 heteroatoms. The molecule has 0 atom stereocenters. The zero-order chi connectivity index (χ0) is 12.4. The Morgan fingerprint density at radius 1 is 1.53 bits per heavy atom. The number of thiazole rings is 1. The summed E-state index contributed by atoms with van der Waals surface area (Å²) in [5.74, 6) is 0.400. The molecule has 0 aliphatic carbocycles. The Kier molecular flexibility index (Phi) is 3.91. The van der Waals surface area contributed by atoms with Gasteiger partial charge in [0.1, 0.15) is 5.15 Å². The van der Waals surface area contributed by atoms with Crippen LogP contribution in [0.15, 0.2) is 12.4 Å². The molecule has 2 aromatic heterocycles. The van der Waals surface area contributed by atoms with Crippen molar-refractivity contribution in [2.75, 3.05) is 11.9 Å². The summed E-state index contributed by atoms with van der Waals surface area (Å²) in [4.78, 5) is 7.22. The molecule has 2 aromatic rings. The fourth-order valence-electron chi connectivity index (χ4n) is 1.46. The maximum Gasteiger partial charge on any atom is 0.187 e. The van der Waals surface area contributed by atoms with Crippen molar-refractivity contribution in [1.82, 2.24) is 14.8 Å². The van der Waals surface area contributed by atoms with Gasteiger partial charge in [-0.2, -0.15) is 5.10 Å². The third-order valence-electron chi connectivity index (χ3n) is 2.26. The number of aryl methyl sites for hydroxylation is 1. The average Bonchev–Trinajstić information content (AvgIpc) is 2.85. The molecule has 0 radical (unpaired) electrons. The normalized spacial score (nSPS) is 10.8. The van der Waals surface area contributed by atoms with Gasteiger partial charge in [0.25, 0.3) is 0 Å². The highest BCUT2D eigenvalue weighted by molar-refractivity contribution is 7.16. The van der Waals surface area contributed by atoms with Crippen LogP contribution in [0, 0.1) is 0 Å². The zero-order valence-corrected chi connectivity index (χ0v) is 11.9. The largest absolute Gasteiger partial charge is 0.347 e. The molecule has 0 fully saturated rings. The van der Waals surface area contributed by atoms with Gasteiger partial charge in [-0.3, -0.25) is 4.68 Å². The van der Waals surface area contributed by atoms with E-state index in [4.69, 9.17) is 23.2 Å². The molecule has 4 nitrogen and oxygen atoms in total. The Labute approximate surface area is 114 Å². The summed E-state index contributed by atoms with van der Waals surface area (Å²) < 4.78 is 1.78. The van der Waals surface area contributed by atoms with Crippen LogP contribution in [0.1, 0.15) is 10.4 Å². The monoisotopic (exact) mass is 290 g/mol. The molecule has 17 heavy (non-hydrogen) atoms. The first kappa shape index (κ1) is 12.7. The summed E-state index contributed by atoms with van der Waals surface area (Å²) >= 11 is 13.3. The van der Waals surface area contributed by atoms with E-state index in [9.17, 15) is 0 Å². The van der Waals surface area contributed by atoms with Crippen LogP contribution in [-0.4, -0.2) is 21.8 Å². The van der Waals surface area contributed by atoms with Crippen LogP contribution >= 0.6 is 34.5 Å². The van der Waals surface area contributed by atoms with Crippen LogP contribution in [0.3, 0.4) is 0 Å². The van der Waals surface area contributed by atoms with Gasteiger partial charge in [-0.25, -0.2) is 4.98 Å². The fourth-order valence-corrected chi connectivity index (χ4v) is 2.90. The van der Waals surface area contributed by atoms with Crippen molar-refractivity contribution in [2.45, 2.75) is 12.4 Å². The van der Waals surface area contributed by atoms with Crippen LogP contribution in [0.4, 0.5) is 5.13 Å². The second kappa shape index (κ2) is 5.25. The summed E-state index contributed by atoms with van der Waals surface area (Å²) in [6, 6.07) is 0. The second-order valence-corrected chi connectivity index (χ2v) is 5.41. The van der Waals surface area contributed by atoms with Crippen molar-refractivity contribution in [3.05, 3.63) is 28.0 Å². The maximum atomic E-state index is 5.97. The van der Waals surface area contributed by atoms with Crippen molar-refractivity contribution < 1.29 is 0 Å². The number of nitrogens with zero attached hydrogens (tertiary/aromatic N) is 4. The van der Waals surface area contributed by atoms with Gasteiger partial charge >= 0.3 is 0 Å². The smallest absolute Gasteiger partial charge is 0.187 e. The van der Waals surface area contributed by atoms with Crippen molar-refractivity contribution in [2.24, 2.45) is 7.05 Å². The Hall–Kier alpha value is -0.780. The molecule has 0 bridgehead atoms. The van der Waals surface area contributed by atoms with Crippen LogP contribution in [-0.2, 0) is 19.5 Å². The van der Waals surface area contributed by atoms with E-state index >= 15 is 0 Å². The highest BCUT2D eigenvalue weighted by atomic mass is 35.5. The van der Waals surface area contributed by atoms with Gasteiger partial charge in [-0.05, 0) is 0 Å². The lowest BCUT2D eigenvalue weighted by Crippen LogP contribution is -2.15. The predicted octanol–water partition coefficient (Wildman–Crippen LogP) is 2.91. The van der Waals surface area contributed by atoms with Crippen LogP contribution in [0.5, 0.6) is 0 Å². The Morgan fingerprint density at radius 2 is 2.29 bits per heavy atom. The predicted molar refractivity (Wildman–Crippen MR) is 72.0 cm³/mol. The van der Waals surface area contributed by atoms with E-state index in [0.29, 0.717) is 11.0 Å². The SMILES string of the molecule is CN(Cc1cnn(C)c1)c1nc(Cl)c(CCl)s1. The molecule has 0 amide bonds. The van der Waals surface area contributed by atoms with Crippen molar-refractivity contribution in [3.63, 3.8) is 0 Å². The summed E-state index contributed by atoms with van der Waals surface area (Å²) in [6.45, 7) is 0.749. The minimum absolute atomic E-state index is 0.400. The molecule has 0 N–H and O–H groups in total. The van der Waals surface area contributed by atoms with Crippen molar-refractivity contribution >= 4 is 39.7 Å². The third-order valence-corrected chi connectivity index (χ3v) is 4.28. The lowest BCUT2D eigenvalue weighted by Gasteiger charge is -2.13. The highest BCUT2D eigenvalue weighted by Gasteiger charge is 2.12. The molecule has 0 spiro atoms. The number of rotatable bonds is 4. The number of aromatic nitrogens is 3. The van der Waals surface area contributed by atoms with Gasteiger partial charge in [0, 0.05) is 32.4 Å². The zero-order valence-electron chi connectivity index (χ0n) is 9.52. The molecule has 0 saturated carbocycles. The van der Waals surface area contributed by atoms with Crippen LogP contribution in [0.2, 0.25) is 5.15 Å². The minimum Gasteiger partial charge on any atom is -0.347 e. The van der Waals surface area contributed by atoms with Gasteiger partial charge < -0.3 is 4.90 Å². The molecule has 92 valence electrons. The summed E-state index contributed by atoms with van der Waals surface area (Å²) in [5.41, 5.74) is 1.13. The van der Waals surface area contributed by atoms with E-state index in [-0.39, 0.29) is 0 Å². The Morgan fingerprint density at radius 3 is 2.82 bits per heavy atom. The molecule has 2 rings (SSSR count). The molecule has 0 aliphatic heterocycles. The second-order valence-electron chi connectivity index (χ2n) is 3.72. The molecule has 2 heterocycles. The number of anilines is 1. The molecule has 0 aromatic carbocycles. The molecular weight excluding hydrogens is 279 g/mol. The van der Waals surface area contributed by atoms with E-state index < -0.39 is 0 Å².